The lowest BCUT2D eigenvalue weighted by molar-refractivity contribution is 0.685. The average Bonchev–Trinajstić information content (AvgIpc) is 2.38. The van der Waals surface area contributed by atoms with Gasteiger partial charge in [-0.05, 0) is 24.3 Å². The molecular weight excluding hydrogens is 272 g/mol. The molecule has 0 saturated heterocycles. The van der Waals surface area contributed by atoms with E-state index in [1.807, 2.05) is 0 Å². The number of rotatable bonds is 9. The molecule has 0 atom stereocenters. The summed E-state index contributed by atoms with van der Waals surface area (Å²) in [5.74, 6) is 1.02. The van der Waals surface area contributed by atoms with Crippen LogP contribution in [0, 0.1) is 0 Å². The topological polar surface area (TPSA) is 38.0 Å². The highest BCUT2D eigenvalue weighted by molar-refractivity contribution is 7.99. The molecule has 1 rings (SSSR count). The van der Waals surface area contributed by atoms with Crippen molar-refractivity contribution in [2.24, 2.45) is 5.73 Å². The summed E-state index contributed by atoms with van der Waals surface area (Å²) >= 11 is 6.98. The van der Waals surface area contributed by atoms with Gasteiger partial charge in [0.2, 0.25) is 0 Å². The summed E-state index contributed by atoms with van der Waals surface area (Å²) in [5.41, 5.74) is 7.95. The smallest absolute Gasteiger partial charge is 0.107 e. The van der Waals surface area contributed by atoms with Crippen molar-refractivity contribution in [3.05, 3.63) is 23.8 Å². The van der Waals surface area contributed by atoms with Gasteiger partial charge in [-0.3, -0.25) is 0 Å². The summed E-state index contributed by atoms with van der Waals surface area (Å²) in [6.45, 7) is 5.35. The second-order valence-corrected chi connectivity index (χ2v) is 6.21. The molecule has 0 saturated carbocycles. The molecule has 0 aliphatic heterocycles. The molecule has 2 nitrogen and oxygen atoms in total. The number of unbranched alkanes of at least 4 members (excludes halogenated alkanes) is 3. The highest BCUT2D eigenvalue weighted by Gasteiger charge is 2.10. The number of thioether (sulfide) groups is 1. The van der Waals surface area contributed by atoms with E-state index >= 15 is 0 Å². The van der Waals surface area contributed by atoms with E-state index in [4.69, 9.17) is 18.0 Å². The van der Waals surface area contributed by atoms with Gasteiger partial charge in [0.05, 0.1) is 0 Å². The Hall–Kier alpha value is -0.740. The zero-order chi connectivity index (χ0) is 14.1. The predicted molar refractivity (Wildman–Crippen MR) is 91.4 cm³/mol. The van der Waals surface area contributed by atoms with Gasteiger partial charge < -0.3 is 11.1 Å². The molecule has 1 aromatic carbocycles. The number of nitrogens with two attached hydrogens (primary N) is 1. The van der Waals surface area contributed by atoms with Gasteiger partial charge in [-0.15, -0.1) is 11.8 Å². The largest absolute Gasteiger partial charge is 0.389 e. The van der Waals surface area contributed by atoms with E-state index in [-0.39, 0.29) is 0 Å². The maximum absolute atomic E-state index is 5.88. The molecule has 0 unspecified atom stereocenters. The molecule has 0 radical (unpaired) electrons. The Labute approximate surface area is 126 Å². The van der Waals surface area contributed by atoms with Crippen LogP contribution in [0.3, 0.4) is 0 Å². The molecule has 0 amide bonds. The molecule has 0 spiro atoms. The molecule has 0 aliphatic rings. The second-order valence-electron chi connectivity index (χ2n) is 4.46. The van der Waals surface area contributed by atoms with Crippen LogP contribution in [-0.4, -0.2) is 17.3 Å². The summed E-state index contributed by atoms with van der Waals surface area (Å²) < 4.78 is 0. The first-order valence-electron chi connectivity index (χ1n) is 7.00. The molecule has 3 N–H and O–H groups in total. The van der Waals surface area contributed by atoms with Gasteiger partial charge in [0.25, 0.3) is 0 Å². The summed E-state index contributed by atoms with van der Waals surface area (Å²) in [5, 5.41) is 3.47. The van der Waals surface area contributed by atoms with Crippen LogP contribution in [0.5, 0.6) is 0 Å². The second kappa shape index (κ2) is 9.21. The van der Waals surface area contributed by atoms with Crippen LogP contribution in [0.4, 0.5) is 5.69 Å². The molecule has 0 fully saturated rings. The van der Waals surface area contributed by atoms with E-state index in [9.17, 15) is 0 Å². The Bertz CT molecular complexity index is 405. The van der Waals surface area contributed by atoms with E-state index in [1.54, 1.807) is 11.8 Å². The lowest BCUT2D eigenvalue weighted by atomic mass is 10.1. The van der Waals surface area contributed by atoms with E-state index in [1.165, 1.54) is 30.6 Å². The van der Waals surface area contributed by atoms with Crippen molar-refractivity contribution in [1.29, 1.82) is 0 Å². The third-order valence-electron chi connectivity index (χ3n) is 2.92. The Morgan fingerprint density at radius 3 is 2.68 bits per heavy atom. The highest BCUT2D eigenvalue weighted by atomic mass is 32.2. The Balaban J connectivity index is 2.70. The number of thiocarbonyl (C=S) groups is 1. The summed E-state index contributed by atoms with van der Waals surface area (Å²) in [6.07, 6.45) is 5.03. The van der Waals surface area contributed by atoms with Gasteiger partial charge in [0.15, 0.2) is 0 Å². The predicted octanol–water partition coefficient (Wildman–Crippen LogP) is 4.43. The van der Waals surface area contributed by atoms with Crippen molar-refractivity contribution in [3.63, 3.8) is 0 Å². The standard InChI is InChI=1S/C15H24N2S2/c1-3-5-6-7-11-17-12-9-8-10-13(19-4-2)14(12)15(16)18/h8-10,17H,3-7,11H2,1-2H3,(H2,16,18). The molecule has 1 aromatic rings. The van der Waals surface area contributed by atoms with Gasteiger partial charge in [-0.2, -0.15) is 0 Å². The lowest BCUT2D eigenvalue weighted by Gasteiger charge is -2.14. The summed E-state index contributed by atoms with van der Waals surface area (Å²) in [4.78, 5) is 1.65. The van der Waals surface area contributed by atoms with Crippen LogP contribution in [0.2, 0.25) is 0 Å². The Kier molecular flexibility index (Phi) is 7.91. The maximum Gasteiger partial charge on any atom is 0.107 e. The van der Waals surface area contributed by atoms with E-state index < -0.39 is 0 Å². The summed E-state index contributed by atoms with van der Waals surface area (Å²) in [6, 6.07) is 6.22. The Morgan fingerprint density at radius 2 is 2.05 bits per heavy atom. The van der Waals surface area contributed by atoms with Crippen molar-refractivity contribution < 1.29 is 0 Å². The number of hydrogen-bond acceptors (Lipinski definition) is 3. The summed E-state index contributed by atoms with van der Waals surface area (Å²) in [7, 11) is 0. The first kappa shape index (κ1) is 16.3. The van der Waals surface area contributed by atoms with Crippen LogP contribution in [-0.2, 0) is 0 Å². The van der Waals surface area contributed by atoms with Crippen LogP contribution in [0.15, 0.2) is 23.1 Å². The van der Waals surface area contributed by atoms with Gasteiger partial charge in [0, 0.05) is 22.7 Å². The fraction of sp³-hybridized carbons (Fsp3) is 0.533. The zero-order valence-electron chi connectivity index (χ0n) is 11.9. The van der Waals surface area contributed by atoms with Crippen molar-refractivity contribution in [2.45, 2.75) is 44.4 Å². The molecule has 0 bridgehead atoms. The van der Waals surface area contributed by atoms with Crippen molar-refractivity contribution in [2.75, 3.05) is 17.6 Å². The van der Waals surface area contributed by atoms with Crippen molar-refractivity contribution >= 4 is 34.7 Å². The minimum atomic E-state index is 0.479. The molecule has 19 heavy (non-hydrogen) atoms. The van der Waals surface area contributed by atoms with E-state index in [0.29, 0.717) is 4.99 Å². The minimum absolute atomic E-state index is 0.479. The molecule has 0 aliphatic carbocycles. The van der Waals surface area contributed by atoms with Crippen LogP contribution >= 0.6 is 24.0 Å². The van der Waals surface area contributed by atoms with Gasteiger partial charge in [-0.25, -0.2) is 0 Å². The number of hydrogen-bond donors (Lipinski definition) is 2. The third kappa shape index (κ3) is 5.41. The molecular formula is C15H24N2S2. The monoisotopic (exact) mass is 296 g/mol. The van der Waals surface area contributed by atoms with Crippen LogP contribution in [0.1, 0.15) is 45.1 Å². The zero-order valence-corrected chi connectivity index (χ0v) is 13.5. The SMILES string of the molecule is CCCCCCNc1cccc(SCC)c1C(N)=S. The highest BCUT2D eigenvalue weighted by Crippen LogP contribution is 2.28. The fourth-order valence-corrected chi connectivity index (χ4v) is 3.12. The van der Waals surface area contributed by atoms with Crippen molar-refractivity contribution in [3.8, 4) is 0 Å². The third-order valence-corrected chi connectivity index (χ3v) is 4.06. The normalized spacial score (nSPS) is 10.4. The molecule has 0 aromatic heterocycles. The molecule has 4 heteroatoms. The molecule has 0 heterocycles. The molecule has 106 valence electrons. The average molecular weight is 297 g/mol. The fourth-order valence-electron chi connectivity index (χ4n) is 1.98. The first-order chi connectivity index (χ1) is 9.20. The van der Waals surface area contributed by atoms with Gasteiger partial charge in [0.1, 0.15) is 4.99 Å². The number of anilines is 1. The van der Waals surface area contributed by atoms with E-state index in [2.05, 4.69) is 37.4 Å². The van der Waals surface area contributed by atoms with Gasteiger partial charge >= 0.3 is 0 Å². The van der Waals surface area contributed by atoms with Crippen molar-refractivity contribution in [1.82, 2.24) is 0 Å². The van der Waals surface area contributed by atoms with Crippen LogP contribution < -0.4 is 11.1 Å². The van der Waals surface area contributed by atoms with Crippen LogP contribution in [0.25, 0.3) is 0 Å². The quantitative estimate of drug-likeness (QED) is 0.402. The van der Waals surface area contributed by atoms with Gasteiger partial charge in [-0.1, -0.05) is 51.4 Å². The number of benzene rings is 1. The first-order valence-corrected chi connectivity index (χ1v) is 8.39. The lowest BCUT2D eigenvalue weighted by Crippen LogP contribution is -2.15. The maximum atomic E-state index is 5.88. The number of nitrogens with one attached hydrogen (secondary N) is 1. The Morgan fingerprint density at radius 1 is 1.26 bits per heavy atom. The minimum Gasteiger partial charge on any atom is -0.389 e. The van der Waals surface area contributed by atoms with E-state index in [0.717, 1.165) is 23.5 Å².